The summed E-state index contributed by atoms with van der Waals surface area (Å²) in [6, 6.07) is 14.8. The van der Waals surface area contributed by atoms with Gasteiger partial charge in [-0.15, -0.1) is 0 Å². The molecule has 3 rings (SSSR count). The molecule has 3 heteroatoms. The van der Waals surface area contributed by atoms with Crippen molar-refractivity contribution in [3.63, 3.8) is 0 Å². The molecular weight excluding hydrogens is 241 g/mol. The predicted molar refractivity (Wildman–Crippen MR) is 74.1 cm³/mol. The van der Waals surface area contributed by atoms with Crippen LogP contribution in [0.3, 0.4) is 0 Å². The summed E-state index contributed by atoms with van der Waals surface area (Å²) in [5.74, 6) is 0.471. The van der Waals surface area contributed by atoms with Crippen LogP contribution in [0.15, 0.2) is 48.5 Å². The lowest BCUT2D eigenvalue weighted by molar-refractivity contribution is 0.289. The number of hydrogen-bond acceptors (Lipinski definition) is 2. The Morgan fingerprint density at radius 3 is 2.74 bits per heavy atom. The van der Waals surface area contributed by atoms with Gasteiger partial charge in [0.05, 0.1) is 6.04 Å². The van der Waals surface area contributed by atoms with E-state index in [2.05, 4.69) is 23.5 Å². The quantitative estimate of drug-likeness (QED) is 0.906. The molecule has 0 saturated heterocycles. The molecule has 0 fully saturated rings. The maximum absolute atomic E-state index is 12.8. The molecule has 0 saturated carbocycles. The summed E-state index contributed by atoms with van der Waals surface area (Å²) in [6.45, 7) is 0.597. The van der Waals surface area contributed by atoms with Crippen LogP contribution in [0.4, 0.5) is 10.1 Å². The standard InChI is InChI=1S/C16H16FNO/c17-13-6-9-15(10-7-13)19-11-14-8-5-12-3-1-2-4-16(12)18-14/h1-4,6-7,9-10,14,18H,5,8,11H2. The van der Waals surface area contributed by atoms with Crippen LogP contribution in [-0.2, 0) is 6.42 Å². The first-order valence-corrected chi connectivity index (χ1v) is 6.54. The van der Waals surface area contributed by atoms with Gasteiger partial charge in [-0.05, 0) is 48.7 Å². The Hall–Kier alpha value is -2.03. The SMILES string of the molecule is Fc1ccc(OCC2CCc3ccccc3N2)cc1. The van der Waals surface area contributed by atoms with Crippen molar-refractivity contribution in [1.29, 1.82) is 0 Å². The van der Waals surface area contributed by atoms with Gasteiger partial charge in [0.1, 0.15) is 18.2 Å². The molecule has 19 heavy (non-hydrogen) atoms. The van der Waals surface area contributed by atoms with Crippen LogP contribution < -0.4 is 10.1 Å². The van der Waals surface area contributed by atoms with Crippen molar-refractivity contribution >= 4 is 5.69 Å². The molecule has 2 aromatic carbocycles. The van der Waals surface area contributed by atoms with E-state index in [1.807, 2.05) is 6.07 Å². The molecule has 0 amide bonds. The molecular formula is C16H16FNO. The minimum Gasteiger partial charge on any atom is -0.491 e. The fraction of sp³-hybridized carbons (Fsp3) is 0.250. The highest BCUT2D eigenvalue weighted by molar-refractivity contribution is 5.53. The van der Waals surface area contributed by atoms with Gasteiger partial charge in [0, 0.05) is 5.69 Å². The van der Waals surface area contributed by atoms with Gasteiger partial charge in [-0.1, -0.05) is 18.2 Å². The second-order valence-corrected chi connectivity index (χ2v) is 4.80. The number of benzene rings is 2. The maximum Gasteiger partial charge on any atom is 0.123 e. The summed E-state index contributed by atoms with van der Waals surface area (Å²) in [4.78, 5) is 0. The largest absolute Gasteiger partial charge is 0.491 e. The lowest BCUT2D eigenvalue weighted by atomic mass is 9.99. The van der Waals surface area contributed by atoms with Gasteiger partial charge >= 0.3 is 0 Å². The zero-order valence-corrected chi connectivity index (χ0v) is 10.6. The number of hydrogen-bond donors (Lipinski definition) is 1. The van der Waals surface area contributed by atoms with Crippen molar-refractivity contribution in [2.75, 3.05) is 11.9 Å². The molecule has 1 N–H and O–H groups in total. The fourth-order valence-electron chi connectivity index (χ4n) is 2.35. The molecule has 1 aliphatic heterocycles. The minimum atomic E-state index is -0.239. The number of para-hydroxylation sites is 1. The Balaban J connectivity index is 1.59. The number of halogens is 1. The normalized spacial score (nSPS) is 17.4. The molecule has 1 aliphatic rings. The van der Waals surface area contributed by atoms with Crippen LogP contribution in [0.25, 0.3) is 0 Å². The predicted octanol–water partition coefficient (Wildman–Crippen LogP) is 3.63. The minimum absolute atomic E-state index is 0.239. The van der Waals surface area contributed by atoms with Crippen LogP contribution in [0.1, 0.15) is 12.0 Å². The number of rotatable bonds is 3. The average molecular weight is 257 g/mol. The number of aryl methyl sites for hydroxylation is 1. The second-order valence-electron chi connectivity index (χ2n) is 4.80. The first kappa shape index (κ1) is 12.0. The molecule has 1 atom stereocenters. The Morgan fingerprint density at radius 2 is 1.89 bits per heavy atom. The Kier molecular flexibility index (Phi) is 3.36. The van der Waals surface area contributed by atoms with Gasteiger partial charge in [0.15, 0.2) is 0 Å². The van der Waals surface area contributed by atoms with Crippen LogP contribution in [0.5, 0.6) is 5.75 Å². The molecule has 0 spiro atoms. The highest BCUT2D eigenvalue weighted by atomic mass is 19.1. The average Bonchev–Trinajstić information content (AvgIpc) is 2.46. The van der Waals surface area contributed by atoms with E-state index >= 15 is 0 Å². The highest BCUT2D eigenvalue weighted by Crippen LogP contribution is 2.24. The van der Waals surface area contributed by atoms with E-state index in [1.165, 1.54) is 23.4 Å². The lowest BCUT2D eigenvalue weighted by Crippen LogP contribution is -2.31. The van der Waals surface area contributed by atoms with Crippen molar-refractivity contribution in [2.45, 2.75) is 18.9 Å². The molecule has 98 valence electrons. The molecule has 2 aromatic rings. The molecule has 0 aliphatic carbocycles. The summed E-state index contributed by atoms with van der Waals surface area (Å²) in [5, 5.41) is 3.48. The highest BCUT2D eigenvalue weighted by Gasteiger charge is 2.17. The summed E-state index contributed by atoms with van der Waals surface area (Å²) >= 11 is 0. The van der Waals surface area contributed by atoms with E-state index in [0.717, 1.165) is 12.8 Å². The van der Waals surface area contributed by atoms with Gasteiger partial charge in [-0.3, -0.25) is 0 Å². The number of ether oxygens (including phenoxy) is 1. The lowest BCUT2D eigenvalue weighted by Gasteiger charge is -2.27. The first-order valence-electron chi connectivity index (χ1n) is 6.54. The molecule has 2 nitrogen and oxygen atoms in total. The molecule has 1 heterocycles. The Morgan fingerprint density at radius 1 is 1.11 bits per heavy atom. The second kappa shape index (κ2) is 5.31. The number of fused-ring (bicyclic) bond motifs is 1. The molecule has 0 radical (unpaired) electrons. The van der Waals surface area contributed by atoms with E-state index in [4.69, 9.17) is 4.74 Å². The van der Waals surface area contributed by atoms with Crippen LogP contribution in [0, 0.1) is 5.82 Å². The Labute approximate surface area is 112 Å². The van der Waals surface area contributed by atoms with Gasteiger partial charge in [-0.2, -0.15) is 0 Å². The zero-order chi connectivity index (χ0) is 13.1. The zero-order valence-electron chi connectivity index (χ0n) is 10.6. The fourth-order valence-corrected chi connectivity index (χ4v) is 2.35. The third-order valence-electron chi connectivity index (χ3n) is 3.40. The van der Waals surface area contributed by atoms with Crippen molar-refractivity contribution in [3.8, 4) is 5.75 Å². The van der Waals surface area contributed by atoms with E-state index in [-0.39, 0.29) is 5.82 Å². The third-order valence-corrected chi connectivity index (χ3v) is 3.40. The maximum atomic E-state index is 12.8. The van der Waals surface area contributed by atoms with Crippen molar-refractivity contribution in [3.05, 3.63) is 59.9 Å². The number of anilines is 1. The van der Waals surface area contributed by atoms with Gasteiger partial charge < -0.3 is 10.1 Å². The smallest absolute Gasteiger partial charge is 0.123 e. The summed E-state index contributed by atoms with van der Waals surface area (Å²) < 4.78 is 18.5. The first-order chi connectivity index (χ1) is 9.31. The van der Waals surface area contributed by atoms with Gasteiger partial charge in [0.2, 0.25) is 0 Å². The monoisotopic (exact) mass is 257 g/mol. The van der Waals surface area contributed by atoms with Gasteiger partial charge in [0.25, 0.3) is 0 Å². The van der Waals surface area contributed by atoms with Crippen LogP contribution >= 0.6 is 0 Å². The summed E-state index contributed by atoms with van der Waals surface area (Å²) in [7, 11) is 0. The topological polar surface area (TPSA) is 21.3 Å². The van der Waals surface area contributed by atoms with Crippen molar-refractivity contribution in [1.82, 2.24) is 0 Å². The summed E-state index contributed by atoms with van der Waals surface area (Å²) in [5.41, 5.74) is 2.56. The van der Waals surface area contributed by atoms with Crippen LogP contribution in [-0.4, -0.2) is 12.6 Å². The van der Waals surface area contributed by atoms with E-state index in [0.29, 0.717) is 18.4 Å². The Bertz CT molecular complexity index is 553. The molecule has 0 bridgehead atoms. The molecule has 1 unspecified atom stereocenters. The molecule has 0 aromatic heterocycles. The van der Waals surface area contributed by atoms with Gasteiger partial charge in [-0.25, -0.2) is 4.39 Å². The van der Waals surface area contributed by atoms with Crippen molar-refractivity contribution in [2.24, 2.45) is 0 Å². The van der Waals surface area contributed by atoms with Crippen LogP contribution in [0.2, 0.25) is 0 Å². The van der Waals surface area contributed by atoms with E-state index in [9.17, 15) is 4.39 Å². The van der Waals surface area contributed by atoms with E-state index < -0.39 is 0 Å². The number of nitrogens with one attached hydrogen (secondary N) is 1. The summed E-state index contributed by atoms with van der Waals surface area (Å²) in [6.07, 6.45) is 2.12. The third kappa shape index (κ3) is 2.87. The van der Waals surface area contributed by atoms with E-state index in [1.54, 1.807) is 12.1 Å². The van der Waals surface area contributed by atoms with Crippen molar-refractivity contribution < 1.29 is 9.13 Å².